The summed E-state index contributed by atoms with van der Waals surface area (Å²) in [7, 11) is 0. The molecular weight excluding hydrogens is 258 g/mol. The molecule has 0 spiro atoms. The van der Waals surface area contributed by atoms with Crippen molar-refractivity contribution in [1.29, 1.82) is 0 Å². The lowest BCUT2D eigenvalue weighted by molar-refractivity contribution is -0.0358. The van der Waals surface area contributed by atoms with Gasteiger partial charge in [0.05, 0.1) is 6.54 Å². The van der Waals surface area contributed by atoms with Gasteiger partial charge in [-0.3, -0.25) is 9.78 Å². The van der Waals surface area contributed by atoms with Crippen molar-refractivity contribution in [3.8, 4) is 0 Å². The van der Waals surface area contributed by atoms with E-state index in [9.17, 15) is 19.8 Å². The van der Waals surface area contributed by atoms with E-state index in [2.05, 4.69) is 15.3 Å². The van der Waals surface area contributed by atoms with Crippen molar-refractivity contribution in [3.05, 3.63) is 20.8 Å². The van der Waals surface area contributed by atoms with Gasteiger partial charge in [-0.2, -0.15) is 0 Å². The minimum atomic E-state index is -1.25. The monoisotopic (exact) mass is 267 g/mol. The number of hydrogen-bond donors (Lipinski definition) is 3. The van der Waals surface area contributed by atoms with Crippen LogP contribution in [-0.4, -0.2) is 53.1 Å². The molecule has 10 nitrogen and oxygen atoms in total. The van der Waals surface area contributed by atoms with E-state index in [0.717, 1.165) is 4.57 Å². The normalized spacial score (nSPS) is 32.7. The molecule has 2 aromatic heterocycles. The van der Waals surface area contributed by atoms with Crippen molar-refractivity contribution in [2.75, 3.05) is 0 Å². The lowest BCUT2D eigenvalue weighted by atomic mass is 10.1. The van der Waals surface area contributed by atoms with E-state index < -0.39 is 35.8 Å². The Kier molecular flexibility index (Phi) is 1.88. The molecule has 4 unspecified atom stereocenters. The van der Waals surface area contributed by atoms with Crippen LogP contribution in [0, 0.1) is 0 Å². The third kappa shape index (κ3) is 1.20. The smallest absolute Gasteiger partial charge is 0.332 e. The summed E-state index contributed by atoms with van der Waals surface area (Å²) in [5.74, 6) is 0. The minimum Gasteiger partial charge on any atom is -0.387 e. The Morgan fingerprint density at radius 2 is 2.11 bits per heavy atom. The van der Waals surface area contributed by atoms with Crippen molar-refractivity contribution in [1.82, 2.24) is 24.5 Å². The summed E-state index contributed by atoms with van der Waals surface area (Å²) in [5.41, 5.74) is -1.19. The molecule has 0 aromatic carbocycles. The second-order valence-corrected chi connectivity index (χ2v) is 4.62. The van der Waals surface area contributed by atoms with Crippen LogP contribution in [0.15, 0.2) is 9.59 Å². The van der Waals surface area contributed by atoms with Crippen molar-refractivity contribution < 1.29 is 14.9 Å². The Hall–Kier alpha value is -2.04. The highest BCUT2D eigenvalue weighted by atomic mass is 16.6. The molecule has 0 radical (unpaired) electrons. The summed E-state index contributed by atoms with van der Waals surface area (Å²) in [6.07, 6.45) is -4.15. The van der Waals surface area contributed by atoms with Gasteiger partial charge < -0.3 is 14.9 Å². The lowest BCUT2D eigenvalue weighted by Gasteiger charge is -2.18. The fourth-order valence-corrected chi connectivity index (χ4v) is 2.63. The number of rotatable bonds is 0. The van der Waals surface area contributed by atoms with Crippen LogP contribution in [0.25, 0.3) is 11.2 Å². The standard InChI is InChI=1S/C9H9N5O5/c15-4-2-1-13-7-3(11-12-13)6(17)10-9(18)14(7)8(19-2)5(4)16/h2,4-5,8,15-16H,1H2,(H,10,17,18). The van der Waals surface area contributed by atoms with Crippen LogP contribution in [0.1, 0.15) is 6.23 Å². The molecule has 2 aliphatic rings. The zero-order chi connectivity index (χ0) is 13.3. The van der Waals surface area contributed by atoms with Crippen LogP contribution in [-0.2, 0) is 11.3 Å². The Labute approximate surface area is 103 Å². The first-order valence-electron chi connectivity index (χ1n) is 5.67. The lowest BCUT2D eigenvalue weighted by Crippen LogP contribution is -2.40. The number of nitrogens with one attached hydrogen (secondary N) is 1. The van der Waals surface area contributed by atoms with E-state index in [-0.39, 0.29) is 17.7 Å². The van der Waals surface area contributed by atoms with Crippen LogP contribution in [0.2, 0.25) is 0 Å². The summed E-state index contributed by atoms with van der Waals surface area (Å²) in [6.45, 7) is 0.105. The van der Waals surface area contributed by atoms with Gasteiger partial charge in [0, 0.05) is 0 Å². The van der Waals surface area contributed by atoms with Gasteiger partial charge in [0.15, 0.2) is 17.4 Å². The van der Waals surface area contributed by atoms with Gasteiger partial charge in [0.25, 0.3) is 5.56 Å². The Balaban J connectivity index is 2.14. The van der Waals surface area contributed by atoms with Crippen molar-refractivity contribution in [2.45, 2.75) is 31.1 Å². The van der Waals surface area contributed by atoms with Gasteiger partial charge in [-0.05, 0) is 0 Å². The number of nitrogens with zero attached hydrogens (tertiary/aromatic N) is 4. The van der Waals surface area contributed by atoms with E-state index in [4.69, 9.17) is 4.74 Å². The number of aliphatic hydroxyl groups excluding tert-OH is 2. The average molecular weight is 267 g/mol. The molecule has 4 atom stereocenters. The fourth-order valence-electron chi connectivity index (χ4n) is 2.63. The third-order valence-electron chi connectivity index (χ3n) is 3.54. The molecule has 4 rings (SSSR count). The van der Waals surface area contributed by atoms with Crippen molar-refractivity contribution in [3.63, 3.8) is 0 Å². The van der Waals surface area contributed by atoms with Gasteiger partial charge in [-0.15, -0.1) is 5.10 Å². The number of aliphatic hydroxyl groups is 2. The SMILES string of the molecule is O=c1[nH]c(=O)n2c3c1nnn3CC1OC2C(O)C1O. The highest BCUT2D eigenvalue weighted by molar-refractivity contribution is 5.68. The molecular formula is C9H9N5O5. The molecule has 2 aromatic rings. The van der Waals surface area contributed by atoms with E-state index in [1.54, 1.807) is 0 Å². The molecule has 1 fully saturated rings. The zero-order valence-electron chi connectivity index (χ0n) is 9.42. The van der Waals surface area contributed by atoms with Gasteiger partial charge >= 0.3 is 5.69 Å². The van der Waals surface area contributed by atoms with Gasteiger partial charge in [-0.1, -0.05) is 5.21 Å². The number of fused-ring (bicyclic) bond motifs is 3. The van der Waals surface area contributed by atoms with Gasteiger partial charge in [0.2, 0.25) is 0 Å². The summed E-state index contributed by atoms with van der Waals surface area (Å²) in [4.78, 5) is 25.6. The predicted molar refractivity (Wildman–Crippen MR) is 58.3 cm³/mol. The Bertz CT molecular complexity index is 790. The molecule has 0 saturated carbocycles. The summed E-state index contributed by atoms with van der Waals surface area (Å²) < 4.78 is 7.84. The van der Waals surface area contributed by atoms with Gasteiger partial charge in [-0.25, -0.2) is 14.0 Å². The number of H-pyrrole nitrogens is 1. The van der Waals surface area contributed by atoms with Crippen LogP contribution in [0.5, 0.6) is 0 Å². The molecule has 0 aliphatic carbocycles. The second-order valence-electron chi connectivity index (χ2n) is 4.62. The molecule has 19 heavy (non-hydrogen) atoms. The van der Waals surface area contributed by atoms with E-state index in [1.807, 2.05) is 0 Å². The topological polar surface area (TPSA) is 135 Å². The predicted octanol–water partition coefficient (Wildman–Crippen LogP) is -3.09. The first kappa shape index (κ1) is 10.8. The first-order valence-corrected chi connectivity index (χ1v) is 5.67. The molecule has 1 saturated heterocycles. The summed E-state index contributed by atoms with van der Waals surface area (Å²) in [6, 6.07) is 0. The van der Waals surface area contributed by atoms with Crippen LogP contribution >= 0.6 is 0 Å². The molecule has 2 bridgehead atoms. The zero-order valence-corrected chi connectivity index (χ0v) is 9.42. The molecule has 0 amide bonds. The number of ether oxygens (including phenoxy) is 1. The van der Waals surface area contributed by atoms with Crippen LogP contribution < -0.4 is 11.2 Å². The quantitative estimate of drug-likeness (QED) is 0.460. The molecule has 4 heterocycles. The highest BCUT2D eigenvalue weighted by Gasteiger charge is 2.47. The van der Waals surface area contributed by atoms with Gasteiger partial charge in [0.1, 0.15) is 18.3 Å². The van der Waals surface area contributed by atoms with Crippen molar-refractivity contribution in [2.24, 2.45) is 0 Å². The minimum absolute atomic E-state index is 0.00237. The maximum Gasteiger partial charge on any atom is 0.332 e. The van der Waals surface area contributed by atoms with Crippen LogP contribution in [0.4, 0.5) is 0 Å². The van der Waals surface area contributed by atoms with Crippen LogP contribution in [0.3, 0.4) is 0 Å². The highest BCUT2D eigenvalue weighted by Crippen LogP contribution is 2.33. The molecule has 100 valence electrons. The van der Waals surface area contributed by atoms with E-state index in [1.165, 1.54) is 4.68 Å². The number of aromatic amines is 1. The number of hydrogen-bond acceptors (Lipinski definition) is 7. The number of aromatic nitrogens is 5. The molecule has 10 heteroatoms. The summed E-state index contributed by atoms with van der Waals surface area (Å²) >= 11 is 0. The van der Waals surface area contributed by atoms with E-state index >= 15 is 0 Å². The fraction of sp³-hybridized carbons (Fsp3) is 0.556. The maximum absolute atomic E-state index is 11.9. The van der Waals surface area contributed by atoms with Crippen molar-refractivity contribution >= 4 is 11.2 Å². The summed E-state index contributed by atoms with van der Waals surface area (Å²) in [5, 5.41) is 27.2. The third-order valence-corrected chi connectivity index (χ3v) is 3.54. The Morgan fingerprint density at radius 3 is 2.89 bits per heavy atom. The van der Waals surface area contributed by atoms with E-state index in [0.29, 0.717) is 0 Å². The molecule has 3 N–H and O–H groups in total. The average Bonchev–Trinajstić information content (AvgIpc) is 2.82. The second kappa shape index (κ2) is 3.29. The maximum atomic E-state index is 11.9. The first-order chi connectivity index (χ1) is 9.08. The Morgan fingerprint density at radius 1 is 1.32 bits per heavy atom. The largest absolute Gasteiger partial charge is 0.387 e. The molecule has 2 aliphatic heterocycles.